The molecule has 0 fully saturated rings. The average Bonchev–Trinajstić information content (AvgIpc) is 1.68. The number of rotatable bonds is 3. The number of hydrogen-bond acceptors (Lipinski definition) is 2. The molecule has 0 unspecified atom stereocenters. The van der Waals surface area contributed by atoms with Gasteiger partial charge >= 0.3 is 0 Å². The summed E-state index contributed by atoms with van der Waals surface area (Å²) in [4.78, 5) is 10.4. The van der Waals surface area contributed by atoms with Gasteiger partial charge in [0.05, 0.1) is 6.72 Å². The van der Waals surface area contributed by atoms with Crippen LogP contribution in [0.4, 0.5) is 0 Å². The Morgan fingerprint density at radius 2 is 2.50 bits per heavy atom. The lowest BCUT2D eigenvalue weighted by Crippen LogP contribution is -2.15. The summed E-state index contributed by atoms with van der Waals surface area (Å²) in [5.74, 6) is -0.130. The maximum Gasteiger partial charge on any atom is 0.240 e. The summed E-state index contributed by atoms with van der Waals surface area (Å²) < 4.78 is 0. The quantitative estimate of drug-likeness (QED) is 0.417. The first-order valence-corrected chi connectivity index (χ1v) is 2.50. The Balaban J connectivity index is 3.18. The third-order valence-electron chi connectivity index (χ3n) is 0.666. The van der Waals surface area contributed by atoms with Gasteiger partial charge in [-0.25, -0.2) is 5.43 Å². The van der Waals surface area contributed by atoms with Crippen LogP contribution in [-0.4, -0.2) is 12.6 Å². The third kappa shape index (κ3) is 3.33. The molecular weight excluding hydrogens is 104 g/mol. The molecule has 0 spiro atoms. The summed E-state index contributed by atoms with van der Waals surface area (Å²) in [6.07, 6.45) is 1.31. The maximum atomic E-state index is 10.4. The molecule has 0 aliphatic rings. The smallest absolute Gasteiger partial charge is 0.240 e. The molecule has 0 rings (SSSR count). The van der Waals surface area contributed by atoms with Gasteiger partial charge in [-0.2, -0.15) is 5.10 Å². The zero-order valence-corrected chi connectivity index (χ0v) is 4.85. The SMILES string of the molecule is [CH]=NNC(=O)CCC. The van der Waals surface area contributed by atoms with E-state index < -0.39 is 0 Å². The summed E-state index contributed by atoms with van der Waals surface area (Å²) in [6.45, 7) is 6.57. The van der Waals surface area contributed by atoms with Crippen molar-refractivity contribution >= 4 is 12.6 Å². The van der Waals surface area contributed by atoms with Crippen LogP contribution in [0.15, 0.2) is 5.10 Å². The van der Waals surface area contributed by atoms with E-state index in [4.69, 9.17) is 0 Å². The third-order valence-corrected chi connectivity index (χ3v) is 0.666. The molecule has 0 aromatic rings. The van der Waals surface area contributed by atoms with Crippen molar-refractivity contribution in [1.82, 2.24) is 5.43 Å². The maximum absolute atomic E-state index is 10.4. The monoisotopic (exact) mass is 113 g/mol. The Labute approximate surface area is 48.8 Å². The van der Waals surface area contributed by atoms with Crippen LogP contribution in [0.1, 0.15) is 19.8 Å². The zero-order valence-electron chi connectivity index (χ0n) is 4.85. The van der Waals surface area contributed by atoms with Gasteiger partial charge in [-0.15, -0.1) is 0 Å². The normalized spacial score (nSPS) is 8.12. The summed E-state index contributed by atoms with van der Waals surface area (Å²) in [6, 6.07) is 0. The number of nitrogens with zero attached hydrogens (tertiary/aromatic N) is 1. The van der Waals surface area contributed by atoms with Crippen molar-refractivity contribution in [2.45, 2.75) is 19.8 Å². The fourth-order valence-electron chi connectivity index (χ4n) is 0.355. The highest BCUT2D eigenvalue weighted by atomic mass is 16.2. The van der Waals surface area contributed by atoms with Crippen LogP contribution in [0.5, 0.6) is 0 Å². The lowest BCUT2D eigenvalue weighted by atomic mass is 10.3. The standard InChI is InChI=1S/C5H9N2O/c1-3-4-5(8)7-6-2/h2H,3-4H2,1H3,(H,7,8). The molecule has 8 heavy (non-hydrogen) atoms. The minimum Gasteiger partial charge on any atom is -0.273 e. The highest BCUT2D eigenvalue weighted by molar-refractivity contribution is 5.75. The first-order chi connectivity index (χ1) is 3.81. The molecule has 1 amide bonds. The van der Waals surface area contributed by atoms with E-state index in [1.54, 1.807) is 0 Å². The summed E-state index contributed by atoms with van der Waals surface area (Å²) in [5, 5.41) is 2.95. The molecule has 1 N–H and O–H groups in total. The first kappa shape index (κ1) is 7.14. The Morgan fingerprint density at radius 1 is 1.88 bits per heavy atom. The van der Waals surface area contributed by atoms with Crippen molar-refractivity contribution in [2.24, 2.45) is 5.10 Å². The fourth-order valence-corrected chi connectivity index (χ4v) is 0.355. The fraction of sp³-hybridized carbons (Fsp3) is 0.600. The number of carbonyl (C=O) groups is 1. The van der Waals surface area contributed by atoms with E-state index >= 15 is 0 Å². The van der Waals surface area contributed by atoms with Crippen molar-refractivity contribution in [3.8, 4) is 0 Å². The minimum absolute atomic E-state index is 0.130. The molecule has 1 radical (unpaired) electrons. The number of amides is 1. The van der Waals surface area contributed by atoms with Crippen LogP contribution >= 0.6 is 0 Å². The molecule has 3 nitrogen and oxygen atoms in total. The van der Waals surface area contributed by atoms with Gasteiger partial charge in [0.1, 0.15) is 0 Å². The summed E-state index contributed by atoms with van der Waals surface area (Å²) >= 11 is 0. The van der Waals surface area contributed by atoms with Crippen molar-refractivity contribution < 1.29 is 4.79 Å². The molecule has 0 bridgehead atoms. The van der Waals surface area contributed by atoms with E-state index in [2.05, 4.69) is 17.2 Å². The van der Waals surface area contributed by atoms with E-state index in [-0.39, 0.29) is 5.91 Å². The second kappa shape index (κ2) is 4.30. The average molecular weight is 113 g/mol. The van der Waals surface area contributed by atoms with Gasteiger partial charge in [0.2, 0.25) is 5.91 Å². The van der Waals surface area contributed by atoms with Crippen LogP contribution in [0, 0.1) is 0 Å². The van der Waals surface area contributed by atoms with Gasteiger partial charge in [0.25, 0.3) is 0 Å². The predicted molar refractivity (Wildman–Crippen MR) is 31.5 cm³/mol. The van der Waals surface area contributed by atoms with E-state index in [9.17, 15) is 4.79 Å². The number of hydrazone groups is 1. The highest BCUT2D eigenvalue weighted by Gasteiger charge is 1.92. The zero-order chi connectivity index (χ0) is 6.41. The van der Waals surface area contributed by atoms with E-state index in [0.29, 0.717) is 6.42 Å². The van der Waals surface area contributed by atoms with Crippen molar-refractivity contribution in [1.29, 1.82) is 0 Å². The second-order valence-electron chi connectivity index (χ2n) is 1.41. The lowest BCUT2D eigenvalue weighted by molar-refractivity contribution is -0.121. The van der Waals surface area contributed by atoms with Crippen molar-refractivity contribution in [3.63, 3.8) is 0 Å². The second-order valence-corrected chi connectivity index (χ2v) is 1.41. The molecular formula is C5H9N2O. The Kier molecular flexibility index (Phi) is 3.84. The van der Waals surface area contributed by atoms with Crippen LogP contribution in [0.2, 0.25) is 0 Å². The molecule has 0 aromatic carbocycles. The van der Waals surface area contributed by atoms with E-state index in [1.807, 2.05) is 6.92 Å². The van der Waals surface area contributed by atoms with Gasteiger partial charge in [0.15, 0.2) is 0 Å². The topological polar surface area (TPSA) is 41.5 Å². The highest BCUT2D eigenvalue weighted by Crippen LogP contribution is 1.83. The Hall–Kier alpha value is -0.860. The number of carbonyl (C=O) groups excluding carboxylic acids is 1. The largest absolute Gasteiger partial charge is 0.273 e. The van der Waals surface area contributed by atoms with Crippen molar-refractivity contribution in [2.75, 3.05) is 0 Å². The van der Waals surface area contributed by atoms with Crippen LogP contribution in [-0.2, 0) is 4.79 Å². The Bertz CT molecular complexity index is 90.4. The molecule has 0 aliphatic carbocycles. The first-order valence-electron chi connectivity index (χ1n) is 2.50. The molecule has 0 heterocycles. The summed E-state index contributed by atoms with van der Waals surface area (Å²) in [7, 11) is 0. The Morgan fingerprint density at radius 3 is 2.88 bits per heavy atom. The number of nitrogens with one attached hydrogen (secondary N) is 1. The molecule has 0 aliphatic heterocycles. The minimum atomic E-state index is -0.130. The van der Waals surface area contributed by atoms with E-state index in [0.717, 1.165) is 6.42 Å². The molecule has 0 atom stereocenters. The molecule has 3 heteroatoms. The lowest BCUT2D eigenvalue weighted by Gasteiger charge is -1.91. The van der Waals surface area contributed by atoms with Crippen molar-refractivity contribution in [3.05, 3.63) is 0 Å². The van der Waals surface area contributed by atoms with Gasteiger partial charge in [-0.1, -0.05) is 6.92 Å². The predicted octanol–water partition coefficient (Wildman–Crippen LogP) is 0.395. The van der Waals surface area contributed by atoms with Gasteiger partial charge in [-0.3, -0.25) is 4.79 Å². The van der Waals surface area contributed by atoms with Gasteiger partial charge < -0.3 is 0 Å². The molecule has 45 valence electrons. The number of hydrogen-bond donors (Lipinski definition) is 1. The van der Waals surface area contributed by atoms with Crippen LogP contribution < -0.4 is 5.43 Å². The van der Waals surface area contributed by atoms with Crippen LogP contribution in [0.25, 0.3) is 0 Å². The molecule has 0 aromatic heterocycles. The van der Waals surface area contributed by atoms with E-state index in [1.165, 1.54) is 0 Å². The molecule has 0 saturated heterocycles. The van der Waals surface area contributed by atoms with Crippen LogP contribution in [0.3, 0.4) is 0 Å². The molecule has 0 saturated carbocycles. The summed E-state index contributed by atoms with van der Waals surface area (Å²) in [5.41, 5.74) is 2.11. The van der Waals surface area contributed by atoms with Gasteiger partial charge in [-0.05, 0) is 6.42 Å². The van der Waals surface area contributed by atoms with Gasteiger partial charge in [0, 0.05) is 6.42 Å².